The van der Waals surface area contributed by atoms with Gasteiger partial charge < -0.3 is 10.0 Å². The third-order valence-electron chi connectivity index (χ3n) is 3.26. The third kappa shape index (κ3) is 4.37. The summed E-state index contributed by atoms with van der Waals surface area (Å²) in [5, 5.41) is 10.5. The molecule has 2 heterocycles. The van der Waals surface area contributed by atoms with E-state index in [9.17, 15) is 9.59 Å². The number of carboxylic acid groups (broad SMARTS) is 1. The highest BCUT2D eigenvalue weighted by molar-refractivity contribution is 5.98. The van der Waals surface area contributed by atoms with E-state index in [1.54, 1.807) is 6.07 Å². The number of hydrazine groups is 1. The SMILES string of the molecule is CN1CCN(NC(=O)c2ccncc2/C=C/C(=O)O)CC1. The van der Waals surface area contributed by atoms with Gasteiger partial charge in [0.2, 0.25) is 0 Å². The standard InChI is InChI=1S/C14H18N4O3/c1-17-6-8-18(9-7-17)16-14(21)12-4-5-15-10-11(12)2-3-13(19)20/h2-5,10H,6-9H2,1H3,(H,16,21)(H,19,20)/b3-2+. The molecular weight excluding hydrogens is 272 g/mol. The van der Waals surface area contributed by atoms with Crippen LogP contribution in [0.3, 0.4) is 0 Å². The number of carboxylic acids is 1. The van der Waals surface area contributed by atoms with Crippen molar-refractivity contribution in [2.24, 2.45) is 0 Å². The molecule has 0 radical (unpaired) electrons. The predicted molar refractivity (Wildman–Crippen MR) is 77.4 cm³/mol. The van der Waals surface area contributed by atoms with Gasteiger partial charge in [-0.3, -0.25) is 15.2 Å². The van der Waals surface area contributed by atoms with E-state index in [1.807, 2.05) is 12.1 Å². The average Bonchev–Trinajstić information content (AvgIpc) is 2.47. The molecule has 1 aromatic heterocycles. The van der Waals surface area contributed by atoms with Crippen LogP contribution in [0.25, 0.3) is 6.08 Å². The number of carbonyl (C=O) groups excluding carboxylic acids is 1. The quantitative estimate of drug-likeness (QED) is 0.763. The second-order valence-electron chi connectivity index (χ2n) is 4.87. The van der Waals surface area contributed by atoms with Crippen molar-refractivity contribution in [2.75, 3.05) is 33.2 Å². The van der Waals surface area contributed by atoms with E-state index in [4.69, 9.17) is 5.11 Å². The molecule has 0 saturated carbocycles. The predicted octanol–water partition coefficient (Wildman–Crippen LogP) is 0.0716. The first kappa shape index (κ1) is 15.1. The molecule has 7 heteroatoms. The molecule has 1 aliphatic heterocycles. The topological polar surface area (TPSA) is 85.8 Å². The minimum atomic E-state index is -1.07. The number of pyridine rings is 1. The fourth-order valence-corrected chi connectivity index (χ4v) is 2.03. The molecule has 0 bridgehead atoms. The minimum absolute atomic E-state index is 0.257. The van der Waals surface area contributed by atoms with Gasteiger partial charge in [-0.25, -0.2) is 9.80 Å². The Morgan fingerprint density at radius 3 is 2.71 bits per heavy atom. The Morgan fingerprint density at radius 1 is 1.33 bits per heavy atom. The normalized spacial score (nSPS) is 17.0. The van der Waals surface area contributed by atoms with Crippen LogP contribution in [0.5, 0.6) is 0 Å². The number of carbonyl (C=O) groups is 2. The summed E-state index contributed by atoms with van der Waals surface area (Å²) < 4.78 is 0. The summed E-state index contributed by atoms with van der Waals surface area (Å²) >= 11 is 0. The van der Waals surface area contributed by atoms with Crippen LogP contribution in [0.15, 0.2) is 24.5 Å². The summed E-state index contributed by atoms with van der Waals surface area (Å²) in [6.45, 7) is 3.30. The first-order valence-corrected chi connectivity index (χ1v) is 6.66. The molecule has 112 valence electrons. The van der Waals surface area contributed by atoms with Crippen molar-refractivity contribution < 1.29 is 14.7 Å². The largest absolute Gasteiger partial charge is 0.478 e. The zero-order chi connectivity index (χ0) is 15.2. The molecule has 7 nitrogen and oxygen atoms in total. The number of hydrogen-bond acceptors (Lipinski definition) is 5. The number of piperazine rings is 1. The molecule has 0 spiro atoms. The Kier molecular flexibility index (Phi) is 5.02. The smallest absolute Gasteiger partial charge is 0.328 e. The Bertz CT molecular complexity index is 551. The van der Waals surface area contributed by atoms with E-state index in [0.29, 0.717) is 11.1 Å². The number of nitrogens with zero attached hydrogens (tertiary/aromatic N) is 3. The van der Waals surface area contributed by atoms with Crippen LogP contribution >= 0.6 is 0 Å². The molecule has 0 atom stereocenters. The lowest BCUT2D eigenvalue weighted by Crippen LogP contribution is -2.52. The molecule has 1 aliphatic rings. The van der Waals surface area contributed by atoms with Crippen molar-refractivity contribution in [3.8, 4) is 0 Å². The Hall–Kier alpha value is -2.25. The van der Waals surface area contributed by atoms with Gasteiger partial charge in [-0.15, -0.1) is 0 Å². The number of aromatic nitrogens is 1. The number of aliphatic carboxylic acids is 1. The highest BCUT2D eigenvalue weighted by Crippen LogP contribution is 2.09. The highest BCUT2D eigenvalue weighted by Gasteiger charge is 2.17. The highest BCUT2D eigenvalue weighted by atomic mass is 16.4. The van der Waals surface area contributed by atoms with Gasteiger partial charge in [-0.2, -0.15) is 0 Å². The van der Waals surface area contributed by atoms with Gasteiger partial charge in [0, 0.05) is 50.2 Å². The van der Waals surface area contributed by atoms with Crippen molar-refractivity contribution in [3.63, 3.8) is 0 Å². The molecule has 1 aromatic rings. The second-order valence-corrected chi connectivity index (χ2v) is 4.87. The summed E-state index contributed by atoms with van der Waals surface area (Å²) in [4.78, 5) is 29.0. The monoisotopic (exact) mass is 290 g/mol. The zero-order valence-electron chi connectivity index (χ0n) is 11.8. The van der Waals surface area contributed by atoms with E-state index >= 15 is 0 Å². The molecule has 1 fully saturated rings. The van der Waals surface area contributed by atoms with Crippen molar-refractivity contribution in [2.45, 2.75) is 0 Å². The van der Waals surface area contributed by atoms with Crippen LogP contribution in [0.1, 0.15) is 15.9 Å². The Balaban J connectivity index is 2.07. The van der Waals surface area contributed by atoms with E-state index < -0.39 is 5.97 Å². The number of rotatable bonds is 4. The van der Waals surface area contributed by atoms with Crippen LogP contribution in [0, 0.1) is 0 Å². The molecule has 0 aliphatic carbocycles. The first-order chi connectivity index (χ1) is 10.1. The molecule has 0 unspecified atom stereocenters. The molecule has 2 rings (SSSR count). The maximum absolute atomic E-state index is 12.3. The molecule has 1 saturated heterocycles. The van der Waals surface area contributed by atoms with E-state index in [0.717, 1.165) is 32.3 Å². The lowest BCUT2D eigenvalue weighted by molar-refractivity contribution is -0.131. The lowest BCUT2D eigenvalue weighted by Gasteiger charge is -2.32. The van der Waals surface area contributed by atoms with Crippen molar-refractivity contribution >= 4 is 18.0 Å². The Morgan fingerprint density at radius 2 is 2.05 bits per heavy atom. The van der Waals surface area contributed by atoms with Crippen LogP contribution in [0.4, 0.5) is 0 Å². The number of amides is 1. The summed E-state index contributed by atoms with van der Waals surface area (Å²) in [5.41, 5.74) is 3.72. The minimum Gasteiger partial charge on any atom is -0.478 e. The number of nitrogens with one attached hydrogen (secondary N) is 1. The third-order valence-corrected chi connectivity index (χ3v) is 3.26. The summed E-state index contributed by atoms with van der Waals surface area (Å²) in [7, 11) is 2.04. The van der Waals surface area contributed by atoms with Crippen LogP contribution in [-0.2, 0) is 4.79 Å². The van der Waals surface area contributed by atoms with Crippen LogP contribution < -0.4 is 5.43 Å². The van der Waals surface area contributed by atoms with E-state index in [-0.39, 0.29) is 5.91 Å². The molecule has 21 heavy (non-hydrogen) atoms. The van der Waals surface area contributed by atoms with Gasteiger partial charge in [-0.1, -0.05) is 0 Å². The maximum atomic E-state index is 12.3. The zero-order valence-corrected chi connectivity index (χ0v) is 11.8. The fourth-order valence-electron chi connectivity index (χ4n) is 2.03. The second kappa shape index (κ2) is 6.96. The van der Waals surface area contributed by atoms with Gasteiger partial charge in [0.05, 0.1) is 5.56 Å². The number of hydrogen-bond donors (Lipinski definition) is 2. The van der Waals surface area contributed by atoms with Gasteiger partial charge in [0.25, 0.3) is 5.91 Å². The summed E-state index contributed by atoms with van der Waals surface area (Å²) in [6, 6.07) is 1.58. The first-order valence-electron chi connectivity index (χ1n) is 6.66. The van der Waals surface area contributed by atoms with E-state index in [2.05, 4.69) is 15.3 Å². The van der Waals surface area contributed by atoms with Gasteiger partial charge in [0.15, 0.2) is 0 Å². The molecule has 1 amide bonds. The van der Waals surface area contributed by atoms with Gasteiger partial charge in [-0.05, 0) is 19.2 Å². The van der Waals surface area contributed by atoms with Crippen molar-refractivity contribution in [3.05, 3.63) is 35.7 Å². The lowest BCUT2D eigenvalue weighted by atomic mass is 10.1. The van der Waals surface area contributed by atoms with Crippen molar-refractivity contribution in [1.29, 1.82) is 0 Å². The van der Waals surface area contributed by atoms with Crippen molar-refractivity contribution in [1.82, 2.24) is 20.3 Å². The molecular formula is C14H18N4O3. The fraction of sp³-hybridized carbons (Fsp3) is 0.357. The average molecular weight is 290 g/mol. The number of likely N-dealkylation sites (N-methyl/N-ethyl adjacent to an activating group) is 1. The van der Waals surface area contributed by atoms with Gasteiger partial charge in [0.1, 0.15) is 0 Å². The maximum Gasteiger partial charge on any atom is 0.328 e. The van der Waals surface area contributed by atoms with Crippen LogP contribution in [-0.4, -0.2) is 65.1 Å². The molecule has 0 aromatic carbocycles. The van der Waals surface area contributed by atoms with E-state index in [1.165, 1.54) is 18.5 Å². The van der Waals surface area contributed by atoms with Crippen LogP contribution in [0.2, 0.25) is 0 Å². The summed E-state index contributed by atoms with van der Waals surface area (Å²) in [5.74, 6) is -1.32. The molecule has 2 N–H and O–H groups in total. The summed E-state index contributed by atoms with van der Waals surface area (Å²) in [6.07, 6.45) is 5.34. The van der Waals surface area contributed by atoms with Gasteiger partial charge >= 0.3 is 5.97 Å². The Labute approximate surface area is 122 Å².